The Morgan fingerprint density at radius 1 is 1.24 bits per heavy atom. The van der Waals surface area contributed by atoms with E-state index in [1.165, 1.54) is 32.2 Å². The highest BCUT2D eigenvalue weighted by atomic mass is 127. The summed E-state index contributed by atoms with van der Waals surface area (Å²) in [5, 5.41) is 8.80. The molecule has 1 saturated heterocycles. The van der Waals surface area contributed by atoms with E-state index in [1.807, 2.05) is 12.1 Å². The number of nitrogens with zero attached hydrogens (tertiary/aromatic N) is 1. The lowest BCUT2D eigenvalue weighted by Gasteiger charge is -2.37. The number of hydrogen-bond donors (Lipinski definition) is 1. The third-order valence-electron chi connectivity index (χ3n) is 6.33. The Morgan fingerprint density at radius 3 is 2.62 bits per heavy atom. The van der Waals surface area contributed by atoms with Crippen LogP contribution in [-0.4, -0.2) is 42.2 Å². The number of piperidine rings is 1. The first-order chi connectivity index (χ1) is 13.5. The summed E-state index contributed by atoms with van der Waals surface area (Å²) in [4.78, 5) is 13.3. The standard InChI is InChI=1S/C23H26INO3.ClH/c1-3-25-9-8-17-20(12-25)18-11-21(24)14(2)10-19(18)23(17)15-4-6-16(7-5-15)28-13-22(26)27;/h4-7,10-11,17,20,23H,3,8-9,12-13H2,1-2H3,(H,26,27);1H. The van der Waals surface area contributed by atoms with Crippen LogP contribution in [0.4, 0.5) is 0 Å². The van der Waals surface area contributed by atoms with Gasteiger partial charge in [-0.05, 0) is 95.4 Å². The van der Waals surface area contributed by atoms with Crippen LogP contribution in [0.15, 0.2) is 36.4 Å². The minimum Gasteiger partial charge on any atom is -0.482 e. The minimum atomic E-state index is -0.954. The zero-order valence-corrected chi connectivity index (χ0v) is 19.7. The van der Waals surface area contributed by atoms with E-state index in [-0.39, 0.29) is 19.0 Å². The number of hydrogen-bond acceptors (Lipinski definition) is 3. The smallest absolute Gasteiger partial charge is 0.341 e. The summed E-state index contributed by atoms with van der Waals surface area (Å²) in [7, 11) is 0. The molecule has 156 valence electrons. The lowest BCUT2D eigenvalue weighted by atomic mass is 9.78. The summed E-state index contributed by atoms with van der Waals surface area (Å²) < 4.78 is 6.67. The molecule has 3 atom stereocenters. The van der Waals surface area contributed by atoms with Crippen molar-refractivity contribution in [3.8, 4) is 5.75 Å². The zero-order valence-electron chi connectivity index (χ0n) is 16.7. The van der Waals surface area contributed by atoms with Crippen molar-refractivity contribution in [3.05, 3.63) is 62.2 Å². The van der Waals surface area contributed by atoms with Crippen LogP contribution in [0.1, 0.15) is 47.4 Å². The molecule has 1 N–H and O–H groups in total. The number of likely N-dealkylation sites (N-methyl/N-ethyl adjacent to an activating group) is 1. The number of ether oxygens (including phenoxy) is 1. The van der Waals surface area contributed by atoms with Crippen molar-refractivity contribution < 1.29 is 14.6 Å². The maximum atomic E-state index is 10.7. The van der Waals surface area contributed by atoms with Crippen LogP contribution in [0, 0.1) is 16.4 Å². The van der Waals surface area contributed by atoms with Gasteiger partial charge in [-0.2, -0.15) is 0 Å². The highest BCUT2D eigenvalue weighted by Gasteiger charge is 2.44. The lowest BCUT2D eigenvalue weighted by molar-refractivity contribution is -0.139. The minimum absolute atomic E-state index is 0. The average molecular weight is 528 g/mol. The van der Waals surface area contributed by atoms with Gasteiger partial charge in [-0.1, -0.05) is 25.1 Å². The molecule has 4 nitrogen and oxygen atoms in total. The molecule has 29 heavy (non-hydrogen) atoms. The molecular formula is C23H27ClINO3. The van der Waals surface area contributed by atoms with Gasteiger partial charge in [0.2, 0.25) is 0 Å². The van der Waals surface area contributed by atoms with Crippen molar-refractivity contribution in [2.24, 2.45) is 5.92 Å². The number of halogens is 2. The highest BCUT2D eigenvalue weighted by molar-refractivity contribution is 14.1. The molecule has 6 heteroatoms. The van der Waals surface area contributed by atoms with Crippen molar-refractivity contribution in [2.45, 2.75) is 32.1 Å². The summed E-state index contributed by atoms with van der Waals surface area (Å²) in [6.45, 7) is 7.56. The van der Waals surface area contributed by atoms with E-state index in [0.717, 1.165) is 19.6 Å². The van der Waals surface area contributed by atoms with Gasteiger partial charge in [0.1, 0.15) is 5.75 Å². The van der Waals surface area contributed by atoms with E-state index in [2.05, 4.69) is 65.6 Å². The molecule has 1 aliphatic carbocycles. The second-order valence-electron chi connectivity index (χ2n) is 7.91. The number of rotatable bonds is 5. The Hall–Kier alpha value is -1.31. The normalized spacial score (nSPS) is 23.1. The summed E-state index contributed by atoms with van der Waals surface area (Å²) in [6, 6.07) is 12.9. The van der Waals surface area contributed by atoms with Gasteiger partial charge in [0, 0.05) is 22.0 Å². The molecule has 1 heterocycles. The first-order valence-corrected chi connectivity index (χ1v) is 11.0. The molecule has 0 aromatic heterocycles. The largest absolute Gasteiger partial charge is 0.482 e. The van der Waals surface area contributed by atoms with Crippen molar-refractivity contribution in [2.75, 3.05) is 26.2 Å². The van der Waals surface area contributed by atoms with E-state index in [9.17, 15) is 4.79 Å². The SMILES string of the molecule is CCN1CCC2C(C1)c1cc(I)c(C)cc1C2c1ccc(OCC(=O)O)cc1.Cl. The first-order valence-electron chi connectivity index (χ1n) is 9.94. The second kappa shape index (κ2) is 9.23. The molecule has 1 aliphatic heterocycles. The number of carbonyl (C=O) groups is 1. The van der Waals surface area contributed by atoms with Gasteiger partial charge in [0.25, 0.3) is 0 Å². The maximum absolute atomic E-state index is 10.7. The number of benzene rings is 2. The predicted molar refractivity (Wildman–Crippen MR) is 126 cm³/mol. The van der Waals surface area contributed by atoms with Crippen molar-refractivity contribution in [3.63, 3.8) is 0 Å². The number of aryl methyl sites for hydroxylation is 1. The Kier molecular flexibility index (Phi) is 7.12. The third-order valence-corrected chi connectivity index (χ3v) is 7.49. The summed E-state index contributed by atoms with van der Waals surface area (Å²) >= 11 is 2.46. The lowest BCUT2D eigenvalue weighted by Crippen LogP contribution is -2.38. The van der Waals surface area contributed by atoms with Crippen LogP contribution < -0.4 is 4.74 Å². The van der Waals surface area contributed by atoms with Crippen LogP contribution in [0.25, 0.3) is 0 Å². The fourth-order valence-corrected chi connectivity index (χ4v) is 5.43. The molecule has 0 spiro atoms. The van der Waals surface area contributed by atoms with Crippen molar-refractivity contribution in [1.82, 2.24) is 4.90 Å². The van der Waals surface area contributed by atoms with Crippen LogP contribution in [0.3, 0.4) is 0 Å². The fraction of sp³-hybridized carbons (Fsp3) is 0.435. The zero-order chi connectivity index (χ0) is 19.8. The highest BCUT2D eigenvalue weighted by Crippen LogP contribution is 2.53. The molecule has 0 bridgehead atoms. The third kappa shape index (κ3) is 4.42. The van der Waals surface area contributed by atoms with E-state index >= 15 is 0 Å². The Bertz CT molecular complexity index is 886. The van der Waals surface area contributed by atoms with Gasteiger partial charge in [0.05, 0.1) is 0 Å². The van der Waals surface area contributed by atoms with Gasteiger partial charge in [-0.3, -0.25) is 0 Å². The molecule has 2 aromatic rings. The van der Waals surface area contributed by atoms with Crippen LogP contribution in [-0.2, 0) is 4.79 Å². The van der Waals surface area contributed by atoms with Gasteiger partial charge in [-0.15, -0.1) is 12.4 Å². The molecule has 2 aliphatic rings. The Morgan fingerprint density at radius 2 is 1.97 bits per heavy atom. The van der Waals surface area contributed by atoms with E-state index < -0.39 is 5.97 Å². The predicted octanol–water partition coefficient (Wildman–Crippen LogP) is 5.06. The number of aliphatic carboxylic acids is 1. The maximum Gasteiger partial charge on any atom is 0.341 e. The van der Waals surface area contributed by atoms with Gasteiger partial charge in [-0.25, -0.2) is 4.79 Å². The van der Waals surface area contributed by atoms with Crippen LogP contribution in [0.2, 0.25) is 0 Å². The number of likely N-dealkylation sites (tertiary alicyclic amines) is 1. The van der Waals surface area contributed by atoms with E-state index in [1.54, 1.807) is 0 Å². The first kappa shape index (κ1) is 22.4. The Balaban J connectivity index is 0.00000240. The molecule has 1 fully saturated rings. The van der Waals surface area contributed by atoms with Gasteiger partial charge < -0.3 is 14.7 Å². The monoisotopic (exact) mass is 527 g/mol. The van der Waals surface area contributed by atoms with Gasteiger partial charge in [0.15, 0.2) is 6.61 Å². The Labute approximate surface area is 192 Å². The van der Waals surface area contributed by atoms with E-state index in [4.69, 9.17) is 9.84 Å². The van der Waals surface area contributed by atoms with E-state index in [0.29, 0.717) is 23.5 Å². The van der Waals surface area contributed by atoms with Gasteiger partial charge >= 0.3 is 5.97 Å². The molecule has 0 radical (unpaired) electrons. The molecule has 0 saturated carbocycles. The summed E-state index contributed by atoms with van der Waals surface area (Å²) in [5.41, 5.74) is 5.65. The molecule has 3 unspecified atom stereocenters. The molecule has 2 aromatic carbocycles. The quantitative estimate of drug-likeness (QED) is 0.553. The molecule has 4 rings (SSSR count). The second-order valence-corrected chi connectivity index (χ2v) is 9.07. The average Bonchev–Trinajstić information content (AvgIpc) is 2.99. The fourth-order valence-electron chi connectivity index (χ4n) is 4.94. The summed E-state index contributed by atoms with van der Waals surface area (Å²) in [6.07, 6.45) is 1.21. The van der Waals surface area contributed by atoms with Crippen molar-refractivity contribution in [1.29, 1.82) is 0 Å². The number of fused-ring (bicyclic) bond motifs is 3. The molecular weight excluding hydrogens is 501 g/mol. The van der Waals surface area contributed by atoms with Crippen LogP contribution in [0.5, 0.6) is 5.75 Å². The van der Waals surface area contributed by atoms with Crippen molar-refractivity contribution >= 4 is 41.0 Å². The molecule has 0 amide bonds. The number of carboxylic acid groups (broad SMARTS) is 1. The topological polar surface area (TPSA) is 49.8 Å². The summed E-state index contributed by atoms with van der Waals surface area (Å²) in [5.74, 6) is 1.28. The number of carboxylic acids is 1. The van der Waals surface area contributed by atoms with Crippen LogP contribution >= 0.6 is 35.0 Å².